The Balaban J connectivity index is 2.26. The Labute approximate surface area is 138 Å². The van der Waals surface area contributed by atoms with Crippen molar-refractivity contribution in [1.82, 2.24) is 0 Å². The Kier molecular flexibility index (Phi) is 5.87. The molecule has 1 aliphatic heterocycles. The fraction of sp³-hybridized carbons (Fsp3) is 0.200. The second kappa shape index (κ2) is 8.08. The van der Waals surface area contributed by atoms with Crippen molar-refractivity contribution in [2.75, 3.05) is 13.7 Å². The summed E-state index contributed by atoms with van der Waals surface area (Å²) in [5.74, 6) is 0.804. The fourth-order valence-electron chi connectivity index (χ4n) is 2.23. The van der Waals surface area contributed by atoms with Crippen molar-refractivity contribution in [2.45, 2.75) is 13.8 Å². The van der Waals surface area contributed by atoms with Gasteiger partial charge in [0.2, 0.25) is 0 Å². The second-order valence-electron chi connectivity index (χ2n) is 5.07. The van der Waals surface area contributed by atoms with E-state index in [4.69, 9.17) is 9.73 Å². The number of hydrogen-bond donors (Lipinski definition) is 0. The highest BCUT2D eigenvalue weighted by atomic mass is 16.5. The van der Waals surface area contributed by atoms with Crippen LogP contribution in [0.5, 0.6) is 0 Å². The number of benzene rings is 1. The minimum absolute atomic E-state index is 0.470. The predicted molar refractivity (Wildman–Crippen MR) is 99.0 cm³/mol. The van der Waals surface area contributed by atoms with E-state index in [2.05, 4.69) is 11.6 Å². The molecular weight excluding hydrogens is 284 g/mol. The lowest BCUT2D eigenvalue weighted by Gasteiger charge is -2.19. The van der Waals surface area contributed by atoms with E-state index in [1.165, 1.54) is 0 Å². The maximum Gasteiger partial charge on any atom is 0.145 e. The lowest BCUT2D eigenvalue weighted by atomic mass is 10.0. The molecule has 1 aromatic rings. The standard InChI is InChI=1S/C20H22N2O/c1-5-7-8-20-18(6-2)22-19(14-23-20)17-11-9-16(10-12-17)15(3)13-21-4/h5-13H,3,14H2,1-2,4H3/b7-5-,18-6+,20-8+,21-13-. The Morgan fingerprint density at radius 3 is 2.61 bits per heavy atom. The lowest BCUT2D eigenvalue weighted by Crippen LogP contribution is -2.16. The van der Waals surface area contributed by atoms with Gasteiger partial charge in [0.15, 0.2) is 0 Å². The molecule has 1 aromatic carbocycles. The van der Waals surface area contributed by atoms with Crippen LogP contribution in [0.3, 0.4) is 0 Å². The third-order valence-corrected chi connectivity index (χ3v) is 3.46. The van der Waals surface area contributed by atoms with E-state index in [9.17, 15) is 0 Å². The van der Waals surface area contributed by atoms with Crippen LogP contribution < -0.4 is 0 Å². The molecule has 3 nitrogen and oxygen atoms in total. The van der Waals surface area contributed by atoms with Crippen molar-refractivity contribution in [3.63, 3.8) is 0 Å². The van der Waals surface area contributed by atoms with Gasteiger partial charge in [0.1, 0.15) is 18.1 Å². The zero-order valence-corrected chi connectivity index (χ0v) is 13.9. The van der Waals surface area contributed by atoms with Crippen LogP contribution in [0.2, 0.25) is 0 Å². The number of allylic oxidation sites excluding steroid dienone is 5. The van der Waals surface area contributed by atoms with Crippen LogP contribution in [0.25, 0.3) is 5.57 Å². The normalized spacial score (nSPS) is 18.7. The first kappa shape index (κ1) is 16.7. The fourth-order valence-corrected chi connectivity index (χ4v) is 2.23. The zero-order valence-electron chi connectivity index (χ0n) is 13.9. The third kappa shape index (κ3) is 4.16. The summed E-state index contributed by atoms with van der Waals surface area (Å²) in [6.45, 7) is 8.40. The van der Waals surface area contributed by atoms with Gasteiger partial charge in [-0.2, -0.15) is 0 Å². The number of nitrogens with zero attached hydrogens (tertiary/aromatic N) is 2. The molecule has 0 amide bonds. The van der Waals surface area contributed by atoms with Gasteiger partial charge in [0.05, 0.1) is 5.71 Å². The highest BCUT2D eigenvalue weighted by Crippen LogP contribution is 2.22. The maximum absolute atomic E-state index is 5.84. The molecule has 0 radical (unpaired) electrons. The van der Waals surface area contributed by atoms with Gasteiger partial charge in [0, 0.05) is 13.3 Å². The van der Waals surface area contributed by atoms with Gasteiger partial charge in [-0.1, -0.05) is 49.1 Å². The molecule has 23 heavy (non-hydrogen) atoms. The molecule has 3 heteroatoms. The van der Waals surface area contributed by atoms with E-state index in [0.29, 0.717) is 6.61 Å². The molecule has 0 spiro atoms. The van der Waals surface area contributed by atoms with E-state index < -0.39 is 0 Å². The zero-order chi connectivity index (χ0) is 16.7. The second-order valence-corrected chi connectivity index (χ2v) is 5.07. The number of rotatable bonds is 4. The van der Waals surface area contributed by atoms with Crippen LogP contribution >= 0.6 is 0 Å². The monoisotopic (exact) mass is 306 g/mol. The Morgan fingerprint density at radius 1 is 1.26 bits per heavy atom. The largest absolute Gasteiger partial charge is 0.485 e. The first-order chi connectivity index (χ1) is 11.2. The smallest absolute Gasteiger partial charge is 0.145 e. The molecule has 0 N–H and O–H groups in total. The summed E-state index contributed by atoms with van der Waals surface area (Å²) in [6.07, 6.45) is 9.57. The van der Waals surface area contributed by atoms with E-state index >= 15 is 0 Å². The van der Waals surface area contributed by atoms with Crippen molar-refractivity contribution in [2.24, 2.45) is 9.98 Å². The molecule has 0 saturated carbocycles. The summed E-state index contributed by atoms with van der Waals surface area (Å²) in [4.78, 5) is 8.71. The summed E-state index contributed by atoms with van der Waals surface area (Å²) in [7, 11) is 1.74. The van der Waals surface area contributed by atoms with E-state index in [1.54, 1.807) is 13.3 Å². The van der Waals surface area contributed by atoms with Crippen molar-refractivity contribution in [1.29, 1.82) is 0 Å². The maximum atomic E-state index is 5.84. The molecule has 0 aliphatic carbocycles. The average Bonchev–Trinajstić information content (AvgIpc) is 2.60. The number of ether oxygens (including phenoxy) is 1. The van der Waals surface area contributed by atoms with Gasteiger partial charge in [-0.05, 0) is 36.6 Å². The SMILES string of the molecule is C=C(/C=N\C)c1ccc(C2=NC(=C/C)/C(=C\C=C/C)OC2)cc1. The van der Waals surface area contributed by atoms with Gasteiger partial charge < -0.3 is 4.74 Å². The van der Waals surface area contributed by atoms with Gasteiger partial charge in [0.25, 0.3) is 0 Å². The molecule has 1 aliphatic rings. The van der Waals surface area contributed by atoms with Crippen LogP contribution in [0.15, 0.2) is 76.6 Å². The van der Waals surface area contributed by atoms with E-state index in [-0.39, 0.29) is 0 Å². The highest BCUT2D eigenvalue weighted by Gasteiger charge is 2.16. The first-order valence-corrected chi connectivity index (χ1v) is 7.61. The van der Waals surface area contributed by atoms with E-state index in [1.807, 2.05) is 62.4 Å². The van der Waals surface area contributed by atoms with E-state index in [0.717, 1.165) is 33.9 Å². The van der Waals surface area contributed by atoms with Gasteiger partial charge in [-0.3, -0.25) is 4.99 Å². The van der Waals surface area contributed by atoms with Gasteiger partial charge in [-0.15, -0.1) is 0 Å². The Morgan fingerprint density at radius 2 is 2.00 bits per heavy atom. The summed E-state index contributed by atoms with van der Waals surface area (Å²) < 4.78 is 5.84. The molecule has 0 atom stereocenters. The van der Waals surface area contributed by atoms with Crippen molar-refractivity contribution >= 4 is 17.5 Å². The third-order valence-electron chi connectivity index (χ3n) is 3.46. The summed E-state index contributed by atoms with van der Waals surface area (Å²) in [5, 5.41) is 0. The summed E-state index contributed by atoms with van der Waals surface area (Å²) >= 11 is 0. The summed E-state index contributed by atoms with van der Waals surface area (Å²) in [5.41, 5.74) is 4.79. The van der Waals surface area contributed by atoms with Crippen molar-refractivity contribution in [3.8, 4) is 0 Å². The Hall–Kier alpha value is -2.68. The average molecular weight is 306 g/mol. The van der Waals surface area contributed by atoms with Crippen LogP contribution in [0.1, 0.15) is 25.0 Å². The number of hydrogen-bond acceptors (Lipinski definition) is 3. The van der Waals surface area contributed by atoms with Crippen LogP contribution in [0, 0.1) is 0 Å². The minimum Gasteiger partial charge on any atom is -0.485 e. The van der Waals surface area contributed by atoms with Crippen LogP contribution in [-0.2, 0) is 4.74 Å². The quantitative estimate of drug-likeness (QED) is 0.749. The molecule has 118 valence electrons. The minimum atomic E-state index is 0.470. The van der Waals surface area contributed by atoms with Gasteiger partial charge >= 0.3 is 0 Å². The van der Waals surface area contributed by atoms with Crippen molar-refractivity contribution < 1.29 is 4.74 Å². The Bertz CT molecular complexity index is 717. The van der Waals surface area contributed by atoms with Crippen LogP contribution in [0.4, 0.5) is 0 Å². The summed E-state index contributed by atoms with van der Waals surface area (Å²) in [6, 6.07) is 8.14. The highest BCUT2D eigenvalue weighted by molar-refractivity contribution is 6.09. The first-order valence-electron chi connectivity index (χ1n) is 7.61. The molecule has 0 saturated heterocycles. The molecule has 0 aromatic heterocycles. The number of aliphatic imine (C=N–C) groups is 2. The molecule has 1 heterocycles. The lowest BCUT2D eigenvalue weighted by molar-refractivity contribution is 0.260. The van der Waals surface area contributed by atoms with Crippen molar-refractivity contribution in [3.05, 3.63) is 77.7 Å². The molecule has 2 rings (SSSR count). The topological polar surface area (TPSA) is 34.0 Å². The van der Waals surface area contributed by atoms with Crippen LogP contribution in [-0.4, -0.2) is 25.6 Å². The molecular formula is C20H22N2O. The predicted octanol–water partition coefficient (Wildman–Crippen LogP) is 4.58. The molecule has 0 bridgehead atoms. The molecule has 0 fully saturated rings. The van der Waals surface area contributed by atoms with Gasteiger partial charge in [-0.25, -0.2) is 4.99 Å². The molecule has 0 unspecified atom stereocenters.